The molecule has 0 amide bonds. The van der Waals surface area contributed by atoms with Crippen molar-refractivity contribution in [2.24, 2.45) is 0 Å². The highest BCUT2D eigenvalue weighted by atomic mass is 32.2. The molecule has 17 heavy (non-hydrogen) atoms. The quantitative estimate of drug-likeness (QED) is 0.866. The average Bonchev–Trinajstić information content (AvgIpc) is 2.30. The maximum atomic E-state index is 4.52. The van der Waals surface area contributed by atoms with E-state index in [-0.39, 0.29) is 5.41 Å². The first-order valence-electron chi connectivity index (χ1n) is 6.36. The molecule has 1 fully saturated rings. The minimum atomic E-state index is 0.188. The molecule has 1 saturated heterocycles. The van der Waals surface area contributed by atoms with Crippen molar-refractivity contribution in [1.29, 1.82) is 0 Å². The van der Waals surface area contributed by atoms with E-state index in [9.17, 15) is 0 Å². The van der Waals surface area contributed by atoms with Crippen molar-refractivity contribution in [3.63, 3.8) is 0 Å². The number of nitrogens with zero attached hydrogens (tertiary/aromatic N) is 1. The van der Waals surface area contributed by atoms with Crippen LogP contribution in [-0.2, 0) is 5.41 Å². The largest absolute Gasteiger partial charge is 0.367 e. The third kappa shape index (κ3) is 3.63. The summed E-state index contributed by atoms with van der Waals surface area (Å²) in [6.45, 7) is 6.65. The van der Waals surface area contributed by atoms with Gasteiger partial charge in [-0.05, 0) is 41.4 Å². The summed E-state index contributed by atoms with van der Waals surface area (Å²) >= 11 is 2.05. The summed E-state index contributed by atoms with van der Waals surface area (Å²) in [5, 5.41) is 3.54. The molecule has 3 heteroatoms. The SMILES string of the molecule is CC(C)(C)c1ccc(NC2CCSCC2)nc1. The van der Waals surface area contributed by atoms with Gasteiger partial charge in [0.15, 0.2) is 0 Å². The minimum Gasteiger partial charge on any atom is -0.367 e. The van der Waals surface area contributed by atoms with Crippen LogP contribution in [0.25, 0.3) is 0 Å². The summed E-state index contributed by atoms with van der Waals surface area (Å²) < 4.78 is 0. The van der Waals surface area contributed by atoms with Crippen LogP contribution in [0.2, 0.25) is 0 Å². The minimum absolute atomic E-state index is 0.188. The molecule has 1 aromatic heterocycles. The van der Waals surface area contributed by atoms with Crippen molar-refractivity contribution in [2.45, 2.75) is 45.1 Å². The summed E-state index contributed by atoms with van der Waals surface area (Å²) in [6, 6.07) is 4.92. The fourth-order valence-electron chi connectivity index (χ4n) is 1.97. The summed E-state index contributed by atoms with van der Waals surface area (Å²) in [6.07, 6.45) is 4.51. The number of anilines is 1. The smallest absolute Gasteiger partial charge is 0.126 e. The average molecular weight is 250 g/mol. The third-order valence-corrected chi connectivity index (χ3v) is 4.25. The van der Waals surface area contributed by atoms with Gasteiger partial charge in [0.2, 0.25) is 0 Å². The van der Waals surface area contributed by atoms with Crippen molar-refractivity contribution in [2.75, 3.05) is 16.8 Å². The summed E-state index contributed by atoms with van der Waals surface area (Å²) in [7, 11) is 0. The molecular formula is C14H22N2S. The molecule has 2 rings (SSSR count). The van der Waals surface area contributed by atoms with Gasteiger partial charge in [-0.15, -0.1) is 0 Å². The van der Waals surface area contributed by atoms with Gasteiger partial charge in [-0.3, -0.25) is 0 Å². The zero-order chi connectivity index (χ0) is 12.3. The number of aromatic nitrogens is 1. The van der Waals surface area contributed by atoms with Crippen LogP contribution in [0, 0.1) is 0 Å². The second-order valence-corrected chi connectivity index (χ2v) is 6.94. The van der Waals surface area contributed by atoms with Gasteiger partial charge in [-0.2, -0.15) is 11.8 Å². The monoisotopic (exact) mass is 250 g/mol. The lowest BCUT2D eigenvalue weighted by Gasteiger charge is -2.24. The Labute approximate surface area is 109 Å². The van der Waals surface area contributed by atoms with Crippen molar-refractivity contribution >= 4 is 17.6 Å². The zero-order valence-corrected chi connectivity index (χ0v) is 11.8. The summed E-state index contributed by atoms with van der Waals surface area (Å²) in [5.41, 5.74) is 1.48. The maximum Gasteiger partial charge on any atom is 0.126 e. The molecule has 0 unspecified atom stereocenters. The number of pyridine rings is 1. The van der Waals surface area contributed by atoms with Crippen molar-refractivity contribution in [3.8, 4) is 0 Å². The lowest BCUT2D eigenvalue weighted by Crippen LogP contribution is -2.25. The first-order chi connectivity index (χ1) is 8.05. The summed E-state index contributed by atoms with van der Waals surface area (Å²) in [4.78, 5) is 4.52. The van der Waals surface area contributed by atoms with Crippen molar-refractivity contribution in [1.82, 2.24) is 4.98 Å². The lowest BCUT2D eigenvalue weighted by atomic mass is 9.88. The van der Waals surface area contributed by atoms with Gasteiger partial charge in [-0.25, -0.2) is 4.98 Å². The zero-order valence-electron chi connectivity index (χ0n) is 11.0. The first-order valence-corrected chi connectivity index (χ1v) is 7.52. The Bertz CT molecular complexity index is 347. The molecule has 0 atom stereocenters. The van der Waals surface area contributed by atoms with Gasteiger partial charge >= 0.3 is 0 Å². The van der Waals surface area contributed by atoms with E-state index in [1.165, 1.54) is 29.9 Å². The fraction of sp³-hybridized carbons (Fsp3) is 0.643. The lowest BCUT2D eigenvalue weighted by molar-refractivity contribution is 0.587. The van der Waals surface area contributed by atoms with E-state index in [1.807, 2.05) is 6.20 Å². The number of hydrogen-bond donors (Lipinski definition) is 1. The highest BCUT2D eigenvalue weighted by Crippen LogP contribution is 2.23. The number of hydrogen-bond acceptors (Lipinski definition) is 3. The van der Waals surface area contributed by atoms with Crippen LogP contribution in [0.15, 0.2) is 18.3 Å². The molecule has 1 N–H and O–H groups in total. The second-order valence-electron chi connectivity index (χ2n) is 5.71. The molecule has 0 aromatic carbocycles. The Balaban J connectivity index is 1.98. The third-order valence-electron chi connectivity index (χ3n) is 3.20. The van der Waals surface area contributed by atoms with E-state index < -0.39 is 0 Å². The van der Waals surface area contributed by atoms with Gasteiger partial charge in [0.05, 0.1) is 0 Å². The van der Waals surface area contributed by atoms with Gasteiger partial charge in [0, 0.05) is 12.2 Å². The number of thioether (sulfide) groups is 1. The van der Waals surface area contributed by atoms with Crippen molar-refractivity contribution in [3.05, 3.63) is 23.9 Å². The van der Waals surface area contributed by atoms with E-state index in [0.29, 0.717) is 6.04 Å². The van der Waals surface area contributed by atoms with Gasteiger partial charge in [0.1, 0.15) is 5.82 Å². The van der Waals surface area contributed by atoms with Crippen LogP contribution in [0.5, 0.6) is 0 Å². The van der Waals surface area contributed by atoms with E-state index in [0.717, 1.165) is 5.82 Å². The Morgan fingerprint density at radius 3 is 2.47 bits per heavy atom. The van der Waals surface area contributed by atoms with Gasteiger partial charge < -0.3 is 5.32 Å². The molecule has 0 bridgehead atoms. The van der Waals surface area contributed by atoms with Crippen LogP contribution in [0.4, 0.5) is 5.82 Å². The number of nitrogens with one attached hydrogen (secondary N) is 1. The molecule has 0 radical (unpaired) electrons. The summed E-state index contributed by atoms with van der Waals surface area (Å²) in [5.74, 6) is 3.57. The second kappa shape index (κ2) is 5.30. The Morgan fingerprint density at radius 2 is 1.94 bits per heavy atom. The molecule has 1 aromatic rings. The highest BCUT2D eigenvalue weighted by Gasteiger charge is 2.16. The molecule has 94 valence electrons. The van der Waals surface area contributed by atoms with Crippen LogP contribution in [0.3, 0.4) is 0 Å². The fourth-order valence-corrected chi connectivity index (χ4v) is 3.08. The van der Waals surface area contributed by atoms with Crippen LogP contribution >= 0.6 is 11.8 Å². The first kappa shape index (κ1) is 12.7. The normalized spacial score (nSPS) is 18.1. The molecule has 0 saturated carbocycles. The van der Waals surface area contributed by atoms with Crippen LogP contribution in [-0.4, -0.2) is 22.5 Å². The number of rotatable bonds is 2. The molecule has 2 nitrogen and oxygen atoms in total. The highest BCUT2D eigenvalue weighted by molar-refractivity contribution is 7.99. The molecule has 2 heterocycles. The Kier molecular flexibility index (Phi) is 3.97. The predicted octanol–water partition coefficient (Wildman–Crippen LogP) is 3.69. The Morgan fingerprint density at radius 1 is 1.24 bits per heavy atom. The maximum absolute atomic E-state index is 4.52. The Hall–Kier alpha value is -0.700. The van der Waals surface area contributed by atoms with Gasteiger partial charge in [-0.1, -0.05) is 26.8 Å². The van der Waals surface area contributed by atoms with Crippen molar-refractivity contribution < 1.29 is 0 Å². The van der Waals surface area contributed by atoms with Crippen LogP contribution in [0.1, 0.15) is 39.2 Å². The molecule has 1 aliphatic rings. The molecule has 1 aliphatic heterocycles. The van der Waals surface area contributed by atoms with Gasteiger partial charge in [0.25, 0.3) is 0 Å². The van der Waals surface area contributed by atoms with E-state index in [4.69, 9.17) is 0 Å². The molecule has 0 spiro atoms. The van der Waals surface area contributed by atoms with E-state index in [2.05, 4.69) is 55.0 Å². The van der Waals surface area contributed by atoms with Crippen LogP contribution < -0.4 is 5.32 Å². The molecule has 0 aliphatic carbocycles. The standard InChI is InChI=1S/C14H22N2S/c1-14(2,3)11-4-5-13(15-10-11)16-12-6-8-17-9-7-12/h4-5,10,12H,6-9H2,1-3H3,(H,15,16). The predicted molar refractivity (Wildman–Crippen MR) is 76.9 cm³/mol. The van der Waals surface area contributed by atoms with E-state index in [1.54, 1.807) is 0 Å². The molecular weight excluding hydrogens is 228 g/mol. The topological polar surface area (TPSA) is 24.9 Å². The van der Waals surface area contributed by atoms with E-state index >= 15 is 0 Å².